The molecule has 0 bridgehead atoms. The lowest BCUT2D eigenvalue weighted by Crippen LogP contribution is -2.38. The molecule has 1 aromatic heterocycles. The Bertz CT molecular complexity index is 1240. The van der Waals surface area contributed by atoms with Crippen LogP contribution in [0.15, 0.2) is 47.5 Å². The molecule has 0 atom stereocenters. The van der Waals surface area contributed by atoms with Crippen molar-refractivity contribution in [3.05, 3.63) is 65.0 Å². The number of aromatic nitrogens is 2. The number of nitrogens with zero attached hydrogens (tertiary/aromatic N) is 2. The molecule has 4 rings (SSSR count). The summed E-state index contributed by atoms with van der Waals surface area (Å²) in [5.74, 6) is -0.741. The number of hydrogen-bond acceptors (Lipinski definition) is 3. The number of carbonyl (C=O) groups excluding carboxylic acids is 2. The van der Waals surface area contributed by atoms with E-state index < -0.39 is 11.7 Å². The Labute approximate surface area is 198 Å². The van der Waals surface area contributed by atoms with Gasteiger partial charge in [-0.25, -0.2) is 4.39 Å². The van der Waals surface area contributed by atoms with Crippen LogP contribution in [-0.2, 0) is 16.1 Å². The van der Waals surface area contributed by atoms with Crippen LogP contribution >= 0.6 is 0 Å². The number of fused-ring (bicyclic) bond motifs is 1. The van der Waals surface area contributed by atoms with Crippen LogP contribution in [0.25, 0.3) is 11.0 Å². The predicted octanol–water partition coefficient (Wildman–Crippen LogP) is 4.25. The molecule has 2 N–H and O–H groups in total. The lowest BCUT2D eigenvalue weighted by atomic mass is 9.85. The Morgan fingerprint density at radius 1 is 1.15 bits per heavy atom. The molecular weight excluding hydrogens is 435 g/mol. The summed E-state index contributed by atoms with van der Waals surface area (Å²) in [6, 6.07) is 11.6. The second-order valence-corrected chi connectivity index (χ2v) is 9.20. The molecule has 34 heavy (non-hydrogen) atoms. The summed E-state index contributed by atoms with van der Waals surface area (Å²) in [6.45, 7) is 4.41. The van der Waals surface area contributed by atoms with Gasteiger partial charge >= 0.3 is 0 Å². The fraction of sp³-hybridized carbons (Fsp3) is 0.423. The summed E-state index contributed by atoms with van der Waals surface area (Å²) in [5.41, 5.74) is 3.60. The molecule has 0 unspecified atom stereocenters. The van der Waals surface area contributed by atoms with E-state index in [0.717, 1.165) is 42.3 Å². The van der Waals surface area contributed by atoms with Gasteiger partial charge in [-0.2, -0.15) is 4.99 Å². The number of rotatable bonds is 6. The molecule has 2 amide bonds. The Hall–Kier alpha value is -3.26. The Balaban J connectivity index is 1.70. The third-order valence-electron chi connectivity index (χ3n) is 6.27. The summed E-state index contributed by atoms with van der Waals surface area (Å²) in [6.07, 6.45) is 3.14. The number of ether oxygens (including phenoxy) is 1. The van der Waals surface area contributed by atoms with Gasteiger partial charge in [0.05, 0.1) is 17.6 Å². The highest BCUT2D eigenvalue weighted by Gasteiger charge is 2.29. The van der Waals surface area contributed by atoms with Gasteiger partial charge in [0, 0.05) is 30.7 Å². The molecule has 1 aliphatic carbocycles. The maximum absolute atomic E-state index is 13.3. The highest BCUT2D eigenvalue weighted by Crippen LogP contribution is 2.33. The molecule has 180 valence electrons. The van der Waals surface area contributed by atoms with Crippen molar-refractivity contribution in [1.29, 1.82) is 0 Å². The second-order valence-electron chi connectivity index (χ2n) is 9.20. The highest BCUT2D eigenvalue weighted by atomic mass is 19.1. The van der Waals surface area contributed by atoms with E-state index in [1.54, 1.807) is 7.11 Å². The summed E-state index contributed by atoms with van der Waals surface area (Å²) < 4.78 is 20.7. The number of carbonyl (C=O) groups is 2. The van der Waals surface area contributed by atoms with Gasteiger partial charge < -0.3 is 19.6 Å². The molecule has 0 spiro atoms. The fourth-order valence-electron chi connectivity index (χ4n) is 4.64. The van der Waals surface area contributed by atoms with Gasteiger partial charge in [-0.1, -0.05) is 6.07 Å². The molecular formula is C26H31FN4O3. The molecule has 0 radical (unpaired) electrons. The zero-order valence-corrected chi connectivity index (χ0v) is 19.8. The standard InChI is InChI=1S/C26H31FN4O3/c1-16(2)28-24(32)19-7-11-21(12-8-19)31-23-14-17(15-34-3)4-13-22(23)29-26(31)30-25(33)18-5-9-20(27)10-6-18/h4-6,9-10,13-14,16,19,21H,7-8,11-12,15H2,1-3H3,(H,28,32)(H,29,30,33). The molecule has 1 saturated carbocycles. The fourth-order valence-corrected chi connectivity index (χ4v) is 4.64. The van der Waals surface area contributed by atoms with Gasteiger partial charge in [0.2, 0.25) is 11.5 Å². The summed E-state index contributed by atoms with van der Waals surface area (Å²) >= 11 is 0. The first-order valence-corrected chi connectivity index (χ1v) is 11.7. The van der Waals surface area contributed by atoms with E-state index in [2.05, 4.69) is 19.9 Å². The molecule has 7 nitrogen and oxygen atoms in total. The van der Waals surface area contributed by atoms with E-state index >= 15 is 0 Å². The summed E-state index contributed by atoms with van der Waals surface area (Å²) in [5, 5.41) is 3.02. The molecule has 0 aliphatic heterocycles. The lowest BCUT2D eigenvalue weighted by molar-refractivity contribution is -0.126. The molecule has 1 aliphatic rings. The molecule has 1 fully saturated rings. The van der Waals surface area contributed by atoms with Crippen molar-refractivity contribution >= 4 is 22.8 Å². The number of aromatic amines is 1. The van der Waals surface area contributed by atoms with Crippen molar-refractivity contribution in [3.63, 3.8) is 0 Å². The van der Waals surface area contributed by atoms with Crippen LogP contribution < -0.4 is 10.9 Å². The average Bonchev–Trinajstić information content (AvgIpc) is 3.16. The van der Waals surface area contributed by atoms with Gasteiger partial charge in [0.25, 0.3) is 5.91 Å². The van der Waals surface area contributed by atoms with E-state index in [9.17, 15) is 14.0 Å². The van der Waals surface area contributed by atoms with Crippen molar-refractivity contribution in [3.8, 4) is 0 Å². The number of benzene rings is 2. The van der Waals surface area contributed by atoms with Gasteiger partial charge in [-0.3, -0.25) is 9.59 Å². The van der Waals surface area contributed by atoms with Crippen molar-refractivity contribution in [2.24, 2.45) is 10.9 Å². The molecule has 8 heteroatoms. The van der Waals surface area contributed by atoms with Gasteiger partial charge in [0.1, 0.15) is 5.82 Å². The highest BCUT2D eigenvalue weighted by molar-refractivity contribution is 5.94. The Kier molecular flexibility index (Phi) is 7.26. The van der Waals surface area contributed by atoms with Crippen LogP contribution in [0.4, 0.5) is 4.39 Å². The van der Waals surface area contributed by atoms with E-state index in [1.165, 1.54) is 24.3 Å². The van der Waals surface area contributed by atoms with Gasteiger partial charge in [-0.05, 0) is 81.5 Å². The third-order valence-corrected chi connectivity index (χ3v) is 6.27. The largest absolute Gasteiger partial charge is 0.380 e. The predicted molar refractivity (Wildman–Crippen MR) is 128 cm³/mol. The summed E-state index contributed by atoms with van der Waals surface area (Å²) in [7, 11) is 1.65. The zero-order valence-electron chi connectivity index (χ0n) is 19.8. The minimum Gasteiger partial charge on any atom is -0.380 e. The van der Waals surface area contributed by atoms with E-state index in [1.807, 2.05) is 32.0 Å². The van der Waals surface area contributed by atoms with E-state index in [0.29, 0.717) is 17.8 Å². The minimum absolute atomic E-state index is 0.00487. The third kappa shape index (κ3) is 5.28. The normalized spacial score (nSPS) is 19.0. The number of nitrogens with one attached hydrogen (secondary N) is 2. The average molecular weight is 467 g/mol. The number of amides is 2. The van der Waals surface area contributed by atoms with Crippen molar-refractivity contribution in [2.45, 2.75) is 58.2 Å². The Morgan fingerprint density at radius 2 is 1.85 bits per heavy atom. The second kappa shape index (κ2) is 10.3. The van der Waals surface area contributed by atoms with Crippen LogP contribution in [-0.4, -0.2) is 34.5 Å². The van der Waals surface area contributed by atoms with E-state index in [-0.39, 0.29) is 23.9 Å². The van der Waals surface area contributed by atoms with Crippen LogP contribution in [0.2, 0.25) is 0 Å². The van der Waals surface area contributed by atoms with Crippen molar-refractivity contribution < 1.29 is 18.7 Å². The maximum atomic E-state index is 13.3. The number of hydrogen-bond donors (Lipinski definition) is 2. The van der Waals surface area contributed by atoms with E-state index in [4.69, 9.17) is 4.74 Å². The smallest absolute Gasteiger partial charge is 0.280 e. The molecule has 0 saturated heterocycles. The molecule has 3 aromatic rings. The number of methoxy groups -OCH3 is 1. The van der Waals surface area contributed by atoms with Crippen molar-refractivity contribution in [1.82, 2.24) is 14.9 Å². The molecule has 1 heterocycles. The minimum atomic E-state index is -0.442. The first-order chi connectivity index (χ1) is 16.4. The van der Waals surface area contributed by atoms with Crippen molar-refractivity contribution in [2.75, 3.05) is 7.11 Å². The number of H-pyrrole nitrogens is 1. The number of imidazole rings is 1. The Morgan fingerprint density at radius 3 is 2.50 bits per heavy atom. The molecule has 2 aromatic carbocycles. The van der Waals surface area contributed by atoms with Crippen LogP contribution in [0.1, 0.15) is 61.5 Å². The lowest BCUT2D eigenvalue weighted by Gasteiger charge is -2.29. The monoisotopic (exact) mass is 466 g/mol. The van der Waals surface area contributed by atoms with Crippen LogP contribution in [0, 0.1) is 11.7 Å². The summed E-state index contributed by atoms with van der Waals surface area (Å²) in [4.78, 5) is 33.0. The first-order valence-electron chi connectivity index (χ1n) is 11.7. The number of halogens is 1. The van der Waals surface area contributed by atoms with Crippen LogP contribution in [0.5, 0.6) is 0 Å². The van der Waals surface area contributed by atoms with Gasteiger partial charge in [-0.15, -0.1) is 0 Å². The van der Waals surface area contributed by atoms with Crippen LogP contribution in [0.3, 0.4) is 0 Å². The quantitative estimate of drug-likeness (QED) is 0.569. The maximum Gasteiger partial charge on any atom is 0.280 e. The van der Waals surface area contributed by atoms with Gasteiger partial charge in [0.15, 0.2) is 0 Å². The SMILES string of the molecule is COCc1ccc2[nH]/c(=N/C(=O)c3ccc(F)cc3)n(C3CCC(C(=O)NC(C)C)CC3)c2c1. The topological polar surface area (TPSA) is 88.5 Å². The first kappa shape index (κ1) is 23.9. The zero-order chi connectivity index (χ0) is 24.2.